The Balaban J connectivity index is 1.91. The predicted molar refractivity (Wildman–Crippen MR) is 76.4 cm³/mol. The first-order valence-electron chi connectivity index (χ1n) is 7.07. The largest absolute Gasteiger partial charge is 0.465 e. The Morgan fingerprint density at radius 1 is 1.45 bits per heavy atom. The minimum Gasteiger partial charge on any atom is -0.465 e. The van der Waals surface area contributed by atoms with Crippen LogP contribution in [-0.2, 0) is 9.53 Å². The zero-order valence-electron chi connectivity index (χ0n) is 11.6. The fourth-order valence-corrected chi connectivity index (χ4v) is 2.59. The van der Waals surface area contributed by atoms with Crippen LogP contribution in [0.3, 0.4) is 0 Å². The molecule has 4 heteroatoms. The second-order valence-electron chi connectivity index (χ2n) is 5.03. The molecule has 0 bridgehead atoms. The highest BCUT2D eigenvalue weighted by atomic mass is 16.5. The second kappa shape index (κ2) is 5.59. The van der Waals surface area contributed by atoms with Gasteiger partial charge in [-0.05, 0) is 24.1 Å². The van der Waals surface area contributed by atoms with Crippen LogP contribution < -0.4 is 15.9 Å². The quantitative estimate of drug-likeness (QED) is 0.821. The third-order valence-corrected chi connectivity index (χ3v) is 3.58. The van der Waals surface area contributed by atoms with Gasteiger partial charge >= 0.3 is 5.97 Å². The molecular weight excluding hydrogens is 252 g/mol. The van der Waals surface area contributed by atoms with E-state index in [1.807, 2.05) is 31.2 Å². The van der Waals surface area contributed by atoms with Crippen LogP contribution in [0.15, 0.2) is 41.0 Å². The molecule has 3 rings (SSSR count). The van der Waals surface area contributed by atoms with E-state index in [0.29, 0.717) is 19.6 Å². The Hall–Kier alpha value is -1.94. The number of para-hydroxylation sites is 1. The third-order valence-electron chi connectivity index (χ3n) is 3.58. The van der Waals surface area contributed by atoms with Crippen LogP contribution in [0.4, 0.5) is 0 Å². The number of fused-ring (bicyclic) bond motifs is 2. The summed E-state index contributed by atoms with van der Waals surface area (Å²) >= 11 is 0. The Bertz CT molecular complexity index is 676. The van der Waals surface area contributed by atoms with Crippen molar-refractivity contribution in [1.29, 1.82) is 0 Å². The van der Waals surface area contributed by atoms with Gasteiger partial charge in [0.25, 0.3) is 0 Å². The topological polar surface area (TPSA) is 50.7 Å². The maximum absolute atomic E-state index is 12.1. The number of allylic oxidation sites excluding steroid dienone is 1. The fourth-order valence-electron chi connectivity index (χ4n) is 2.59. The monoisotopic (exact) mass is 270 g/mol. The number of hydrogen-bond acceptors (Lipinski definition) is 4. The summed E-state index contributed by atoms with van der Waals surface area (Å²) < 4.78 is 5.25. The van der Waals surface area contributed by atoms with Crippen molar-refractivity contribution >= 4 is 11.5 Å². The van der Waals surface area contributed by atoms with Crippen LogP contribution in [0, 0.1) is 0 Å². The first kappa shape index (κ1) is 13.1. The standard InChI is InChI=1S/C16H18N2O2/c1-2-9-20-16(19)15-10-12-11-5-3-4-6-13(11)18-14(12)7-8-17-15/h3-7,15,17H,2,8-10H2,1H3. The maximum atomic E-state index is 12.1. The van der Waals surface area contributed by atoms with Crippen molar-refractivity contribution in [3.63, 3.8) is 0 Å². The van der Waals surface area contributed by atoms with Crippen LogP contribution in [0.5, 0.6) is 0 Å². The normalized spacial score (nSPS) is 20.4. The molecule has 4 nitrogen and oxygen atoms in total. The number of esters is 1. The van der Waals surface area contributed by atoms with E-state index < -0.39 is 0 Å². The van der Waals surface area contributed by atoms with E-state index in [1.165, 1.54) is 0 Å². The number of carbonyl (C=O) groups is 1. The molecule has 104 valence electrons. The molecule has 1 aromatic rings. The third kappa shape index (κ3) is 2.39. The zero-order chi connectivity index (χ0) is 13.9. The van der Waals surface area contributed by atoms with Gasteiger partial charge in [-0.15, -0.1) is 0 Å². The Kier molecular flexibility index (Phi) is 3.65. The van der Waals surface area contributed by atoms with Crippen molar-refractivity contribution in [2.75, 3.05) is 13.2 Å². The molecule has 0 radical (unpaired) electrons. The lowest BCUT2D eigenvalue weighted by atomic mass is 10.0. The van der Waals surface area contributed by atoms with E-state index in [-0.39, 0.29) is 12.0 Å². The van der Waals surface area contributed by atoms with E-state index in [1.54, 1.807) is 0 Å². The summed E-state index contributed by atoms with van der Waals surface area (Å²) in [6.07, 6.45) is 3.52. The van der Waals surface area contributed by atoms with Gasteiger partial charge in [-0.3, -0.25) is 4.79 Å². The van der Waals surface area contributed by atoms with Gasteiger partial charge in [0.1, 0.15) is 6.04 Å². The van der Waals surface area contributed by atoms with Gasteiger partial charge in [0.05, 0.1) is 17.7 Å². The lowest BCUT2D eigenvalue weighted by Crippen LogP contribution is -2.38. The Labute approximate surface area is 117 Å². The smallest absolute Gasteiger partial charge is 0.323 e. The molecular formula is C16H18N2O2. The number of benzene rings is 1. The van der Waals surface area contributed by atoms with Crippen LogP contribution in [-0.4, -0.2) is 25.2 Å². The van der Waals surface area contributed by atoms with Crippen molar-refractivity contribution in [3.05, 3.63) is 46.6 Å². The van der Waals surface area contributed by atoms with E-state index in [9.17, 15) is 4.79 Å². The summed E-state index contributed by atoms with van der Waals surface area (Å²) in [6.45, 7) is 3.12. The number of nitrogens with one attached hydrogen (secondary N) is 1. The van der Waals surface area contributed by atoms with Crippen LogP contribution in [0.2, 0.25) is 0 Å². The summed E-state index contributed by atoms with van der Waals surface area (Å²) in [5.74, 6) is -0.168. The molecule has 2 aliphatic rings. The van der Waals surface area contributed by atoms with Crippen LogP contribution >= 0.6 is 0 Å². The summed E-state index contributed by atoms with van der Waals surface area (Å²) in [4.78, 5) is 16.7. The van der Waals surface area contributed by atoms with Crippen molar-refractivity contribution in [2.24, 2.45) is 4.99 Å². The first-order valence-corrected chi connectivity index (χ1v) is 7.07. The van der Waals surface area contributed by atoms with Crippen LogP contribution in [0.1, 0.15) is 19.8 Å². The minimum atomic E-state index is -0.286. The average molecular weight is 270 g/mol. The summed E-state index contributed by atoms with van der Waals surface area (Å²) in [5.41, 5.74) is 2.13. The first-order chi connectivity index (χ1) is 9.79. The molecule has 1 aromatic carbocycles. The molecule has 0 amide bonds. The highest BCUT2D eigenvalue weighted by Crippen LogP contribution is 2.22. The maximum Gasteiger partial charge on any atom is 0.323 e. The highest BCUT2D eigenvalue weighted by molar-refractivity contribution is 5.80. The van der Waals surface area contributed by atoms with Gasteiger partial charge in [0, 0.05) is 18.2 Å². The molecule has 0 saturated carbocycles. The van der Waals surface area contributed by atoms with Gasteiger partial charge in [0.2, 0.25) is 0 Å². The second-order valence-corrected chi connectivity index (χ2v) is 5.03. The fraction of sp³-hybridized carbons (Fsp3) is 0.375. The number of nitrogens with zero attached hydrogens (tertiary/aromatic N) is 1. The molecule has 0 fully saturated rings. The summed E-state index contributed by atoms with van der Waals surface area (Å²) in [5, 5.41) is 5.35. The van der Waals surface area contributed by atoms with E-state index in [2.05, 4.69) is 16.4 Å². The number of ether oxygens (including phenoxy) is 1. The number of rotatable bonds is 3. The average Bonchev–Trinajstić information content (AvgIpc) is 2.68. The van der Waals surface area contributed by atoms with Crippen molar-refractivity contribution in [1.82, 2.24) is 5.32 Å². The van der Waals surface area contributed by atoms with Crippen molar-refractivity contribution < 1.29 is 9.53 Å². The molecule has 2 heterocycles. The molecule has 0 aliphatic carbocycles. The van der Waals surface area contributed by atoms with E-state index in [4.69, 9.17) is 4.74 Å². The molecule has 1 atom stereocenters. The molecule has 2 aliphatic heterocycles. The van der Waals surface area contributed by atoms with Crippen molar-refractivity contribution in [3.8, 4) is 0 Å². The summed E-state index contributed by atoms with van der Waals surface area (Å²) in [6, 6.07) is 7.78. The molecule has 0 saturated heterocycles. The van der Waals surface area contributed by atoms with Crippen molar-refractivity contribution in [2.45, 2.75) is 25.8 Å². The molecule has 0 aromatic heterocycles. The summed E-state index contributed by atoms with van der Waals surface area (Å²) in [7, 11) is 0. The van der Waals surface area contributed by atoms with E-state index in [0.717, 1.165) is 28.3 Å². The van der Waals surface area contributed by atoms with Gasteiger partial charge < -0.3 is 10.1 Å². The molecule has 1 N–H and O–H groups in total. The molecule has 0 spiro atoms. The van der Waals surface area contributed by atoms with E-state index >= 15 is 0 Å². The lowest BCUT2D eigenvalue weighted by Gasteiger charge is -2.15. The Morgan fingerprint density at radius 3 is 3.15 bits per heavy atom. The number of hydrogen-bond donors (Lipinski definition) is 1. The van der Waals surface area contributed by atoms with Gasteiger partial charge in [-0.2, -0.15) is 0 Å². The SMILES string of the molecule is CCCOC(=O)C1CC2=c3ccccc3=NC2=CCN1. The van der Waals surface area contributed by atoms with Crippen LogP contribution in [0.25, 0.3) is 5.57 Å². The number of carbonyl (C=O) groups excluding carboxylic acids is 1. The molecule has 20 heavy (non-hydrogen) atoms. The Morgan fingerprint density at radius 2 is 2.30 bits per heavy atom. The molecule has 1 unspecified atom stereocenters. The van der Waals surface area contributed by atoms with Gasteiger partial charge in [0.15, 0.2) is 0 Å². The van der Waals surface area contributed by atoms with Gasteiger partial charge in [-0.1, -0.05) is 25.1 Å². The minimum absolute atomic E-state index is 0.168. The van der Waals surface area contributed by atoms with Gasteiger partial charge in [-0.25, -0.2) is 4.99 Å². The zero-order valence-corrected chi connectivity index (χ0v) is 11.6. The predicted octanol–water partition coefficient (Wildman–Crippen LogP) is 0.670. The highest BCUT2D eigenvalue weighted by Gasteiger charge is 2.26. The lowest BCUT2D eigenvalue weighted by molar-refractivity contribution is -0.146.